The minimum absolute atomic E-state index is 0.0700. The number of nitrogens with two attached hydrogens (primary N) is 1. The van der Waals surface area contributed by atoms with Crippen LogP contribution in [0.25, 0.3) is 0 Å². The molecular weight excluding hydrogens is 190 g/mol. The van der Waals surface area contributed by atoms with E-state index in [1.165, 1.54) is 12.1 Å². The number of nitrogens with zero attached hydrogens (tertiary/aromatic N) is 1. The highest BCUT2D eigenvalue weighted by molar-refractivity contribution is 5.68. The van der Waals surface area contributed by atoms with Crippen LogP contribution in [0.2, 0.25) is 0 Å². The van der Waals surface area contributed by atoms with Crippen molar-refractivity contribution in [3.05, 3.63) is 22.2 Å². The van der Waals surface area contributed by atoms with Crippen molar-refractivity contribution in [2.75, 3.05) is 12.2 Å². The Hall–Kier alpha value is -2.02. The van der Waals surface area contributed by atoms with Gasteiger partial charge in [0.2, 0.25) is 6.79 Å². The van der Waals surface area contributed by atoms with E-state index < -0.39 is 4.92 Å². The van der Waals surface area contributed by atoms with Gasteiger partial charge in [-0.3, -0.25) is 16.0 Å². The number of nitro benzene ring substituents is 1. The number of nitro groups is 1. The Bertz CT molecular complexity index is 393. The van der Waals surface area contributed by atoms with Gasteiger partial charge >= 0.3 is 0 Å². The van der Waals surface area contributed by atoms with E-state index in [0.717, 1.165) is 0 Å². The average molecular weight is 197 g/mol. The van der Waals surface area contributed by atoms with Crippen LogP contribution in [0.1, 0.15) is 0 Å². The van der Waals surface area contributed by atoms with Crippen molar-refractivity contribution in [1.29, 1.82) is 0 Å². The Morgan fingerprint density at radius 3 is 2.64 bits per heavy atom. The maximum Gasteiger partial charge on any atom is 0.297 e. The number of hydrogen-bond donors (Lipinski definition) is 2. The van der Waals surface area contributed by atoms with E-state index in [4.69, 9.17) is 15.3 Å². The van der Waals surface area contributed by atoms with Crippen molar-refractivity contribution in [1.82, 2.24) is 0 Å². The molecule has 1 aromatic rings. The predicted octanol–water partition coefficient (Wildman–Crippen LogP) is 0.609. The summed E-state index contributed by atoms with van der Waals surface area (Å²) in [6.45, 7) is 0.0700. The summed E-state index contributed by atoms with van der Waals surface area (Å²) >= 11 is 0. The minimum atomic E-state index is -0.544. The van der Waals surface area contributed by atoms with Crippen LogP contribution in [0.4, 0.5) is 11.4 Å². The molecule has 0 saturated heterocycles. The summed E-state index contributed by atoms with van der Waals surface area (Å²) in [5.41, 5.74) is 2.28. The van der Waals surface area contributed by atoms with Crippen molar-refractivity contribution >= 4 is 11.4 Å². The zero-order chi connectivity index (χ0) is 10.1. The Morgan fingerprint density at radius 2 is 2.07 bits per heavy atom. The van der Waals surface area contributed by atoms with Crippen LogP contribution in [0.3, 0.4) is 0 Å². The van der Waals surface area contributed by atoms with Gasteiger partial charge in [0, 0.05) is 6.07 Å². The van der Waals surface area contributed by atoms with Gasteiger partial charge in [0.15, 0.2) is 11.5 Å². The summed E-state index contributed by atoms with van der Waals surface area (Å²) in [4.78, 5) is 10.0. The number of fused-ring (bicyclic) bond motifs is 1. The van der Waals surface area contributed by atoms with Crippen LogP contribution in [-0.2, 0) is 0 Å². The first-order chi connectivity index (χ1) is 6.72. The van der Waals surface area contributed by atoms with E-state index in [9.17, 15) is 10.1 Å². The summed E-state index contributed by atoms with van der Waals surface area (Å²) in [7, 11) is 0. The lowest BCUT2D eigenvalue weighted by Gasteiger charge is -2.02. The molecule has 0 amide bonds. The van der Waals surface area contributed by atoms with E-state index in [1.807, 2.05) is 0 Å². The molecule has 0 atom stereocenters. The predicted molar refractivity (Wildman–Crippen MR) is 47.0 cm³/mol. The molecular formula is C7H7N3O4. The summed E-state index contributed by atoms with van der Waals surface area (Å²) < 4.78 is 10.0. The summed E-state index contributed by atoms with van der Waals surface area (Å²) in [5, 5.41) is 10.6. The van der Waals surface area contributed by atoms with Crippen molar-refractivity contribution in [3.63, 3.8) is 0 Å². The first-order valence-electron chi connectivity index (χ1n) is 3.77. The Balaban J connectivity index is 2.54. The van der Waals surface area contributed by atoms with Crippen LogP contribution in [0.5, 0.6) is 11.5 Å². The van der Waals surface area contributed by atoms with Gasteiger partial charge in [-0.25, -0.2) is 0 Å². The molecule has 3 N–H and O–H groups in total. The van der Waals surface area contributed by atoms with Crippen molar-refractivity contribution in [2.24, 2.45) is 5.84 Å². The number of ether oxygens (including phenoxy) is 2. The van der Waals surface area contributed by atoms with Crippen LogP contribution in [0.15, 0.2) is 12.1 Å². The first kappa shape index (κ1) is 8.57. The largest absolute Gasteiger partial charge is 0.454 e. The quantitative estimate of drug-likeness (QED) is 0.409. The van der Waals surface area contributed by atoms with Gasteiger partial charge in [-0.15, -0.1) is 0 Å². The lowest BCUT2D eigenvalue weighted by molar-refractivity contribution is -0.384. The molecule has 0 spiro atoms. The van der Waals surface area contributed by atoms with Gasteiger partial charge in [0.1, 0.15) is 5.69 Å². The number of hydrazine groups is 1. The van der Waals surface area contributed by atoms with Gasteiger partial charge in [-0.1, -0.05) is 0 Å². The standard InChI is InChI=1S/C7H7N3O4/c8-9-4-1-6-7(14-3-13-6)2-5(4)10(11)12/h1-2,9H,3,8H2. The van der Waals surface area contributed by atoms with Crippen LogP contribution in [-0.4, -0.2) is 11.7 Å². The molecule has 1 aromatic carbocycles. The van der Waals surface area contributed by atoms with Crippen molar-refractivity contribution in [2.45, 2.75) is 0 Å². The Morgan fingerprint density at radius 1 is 1.43 bits per heavy atom. The molecule has 14 heavy (non-hydrogen) atoms. The summed E-state index contributed by atoms with van der Waals surface area (Å²) in [6.07, 6.45) is 0. The normalized spacial score (nSPS) is 12.6. The molecule has 0 saturated carbocycles. The third-order valence-electron chi connectivity index (χ3n) is 1.84. The maximum atomic E-state index is 10.6. The first-order valence-corrected chi connectivity index (χ1v) is 3.77. The fraction of sp³-hybridized carbons (Fsp3) is 0.143. The molecule has 0 bridgehead atoms. The molecule has 0 aliphatic carbocycles. The topological polar surface area (TPSA) is 99.7 Å². The number of hydrogen-bond acceptors (Lipinski definition) is 6. The molecule has 0 fully saturated rings. The molecule has 7 heteroatoms. The lowest BCUT2D eigenvalue weighted by atomic mass is 10.2. The molecule has 2 rings (SSSR count). The highest BCUT2D eigenvalue weighted by Gasteiger charge is 2.22. The highest BCUT2D eigenvalue weighted by Crippen LogP contribution is 2.39. The van der Waals surface area contributed by atoms with E-state index in [0.29, 0.717) is 11.5 Å². The fourth-order valence-electron chi connectivity index (χ4n) is 1.20. The molecule has 1 heterocycles. The average Bonchev–Trinajstić information content (AvgIpc) is 2.62. The van der Waals surface area contributed by atoms with Gasteiger partial charge in [0.05, 0.1) is 11.0 Å². The van der Waals surface area contributed by atoms with E-state index in [1.54, 1.807) is 0 Å². The molecule has 7 nitrogen and oxygen atoms in total. The Labute approximate surface area is 78.5 Å². The number of nitrogens with one attached hydrogen (secondary N) is 1. The minimum Gasteiger partial charge on any atom is -0.454 e. The number of rotatable bonds is 2. The zero-order valence-corrected chi connectivity index (χ0v) is 7.02. The molecule has 0 unspecified atom stereocenters. The number of nitrogen functional groups attached to an aromatic ring is 1. The number of benzene rings is 1. The zero-order valence-electron chi connectivity index (χ0n) is 7.02. The second kappa shape index (κ2) is 3.04. The number of anilines is 1. The van der Waals surface area contributed by atoms with Gasteiger partial charge in [-0.2, -0.15) is 0 Å². The maximum absolute atomic E-state index is 10.6. The SMILES string of the molecule is NNc1cc2c(cc1[N+](=O)[O-])OCO2. The third-order valence-corrected chi connectivity index (χ3v) is 1.84. The summed E-state index contributed by atoms with van der Waals surface area (Å²) in [5.74, 6) is 5.94. The third kappa shape index (κ3) is 1.19. The van der Waals surface area contributed by atoms with Crippen molar-refractivity contribution in [3.8, 4) is 11.5 Å². The van der Waals surface area contributed by atoms with E-state index >= 15 is 0 Å². The second-order valence-corrected chi connectivity index (χ2v) is 2.62. The van der Waals surface area contributed by atoms with Gasteiger partial charge < -0.3 is 14.9 Å². The Kier molecular flexibility index (Phi) is 1.86. The fourth-order valence-corrected chi connectivity index (χ4v) is 1.20. The molecule has 0 radical (unpaired) electrons. The lowest BCUT2D eigenvalue weighted by Crippen LogP contribution is -2.08. The second-order valence-electron chi connectivity index (χ2n) is 2.62. The van der Waals surface area contributed by atoms with Crippen LogP contribution in [0, 0.1) is 10.1 Å². The molecule has 1 aliphatic rings. The summed E-state index contributed by atoms with van der Waals surface area (Å²) in [6, 6.07) is 2.71. The molecule has 0 aromatic heterocycles. The van der Waals surface area contributed by atoms with Gasteiger partial charge in [-0.05, 0) is 0 Å². The monoisotopic (exact) mass is 197 g/mol. The smallest absolute Gasteiger partial charge is 0.297 e. The molecule has 1 aliphatic heterocycles. The highest BCUT2D eigenvalue weighted by atomic mass is 16.7. The van der Waals surface area contributed by atoms with Crippen molar-refractivity contribution < 1.29 is 14.4 Å². The van der Waals surface area contributed by atoms with E-state index in [2.05, 4.69) is 5.43 Å². The van der Waals surface area contributed by atoms with Gasteiger partial charge in [0.25, 0.3) is 5.69 Å². The van der Waals surface area contributed by atoms with Crippen LogP contribution < -0.4 is 20.7 Å². The van der Waals surface area contributed by atoms with E-state index in [-0.39, 0.29) is 18.2 Å². The van der Waals surface area contributed by atoms with Crippen LogP contribution >= 0.6 is 0 Å². The molecule has 74 valence electrons.